The summed E-state index contributed by atoms with van der Waals surface area (Å²) in [6.07, 6.45) is 15.4. The Hall–Kier alpha value is -12.4. The Bertz CT molecular complexity index is 7020. The van der Waals surface area contributed by atoms with Crippen molar-refractivity contribution >= 4 is 177 Å². The summed E-state index contributed by atoms with van der Waals surface area (Å²) in [6.45, 7) is 5.31. The van der Waals surface area contributed by atoms with E-state index in [1.54, 1.807) is 54.4 Å². The van der Waals surface area contributed by atoms with Crippen LogP contribution in [0.15, 0.2) is 259 Å². The molecule has 0 spiro atoms. The van der Waals surface area contributed by atoms with Crippen LogP contribution in [0.3, 0.4) is 0 Å². The monoisotopic (exact) mass is 1500 g/mol. The molecule has 558 valence electrons. The predicted molar refractivity (Wildman–Crippen MR) is 471 cm³/mol. The van der Waals surface area contributed by atoms with Crippen molar-refractivity contribution in [3.8, 4) is 0 Å². The van der Waals surface area contributed by atoms with Crippen LogP contribution in [0.1, 0.15) is 95.5 Å². The predicted octanol–water partition coefficient (Wildman–Crippen LogP) is 20.5. The number of furan rings is 5. The summed E-state index contributed by atoms with van der Waals surface area (Å²) in [4.78, 5) is 10.4. The van der Waals surface area contributed by atoms with E-state index in [1.165, 1.54) is 10.9 Å². The van der Waals surface area contributed by atoms with E-state index in [4.69, 9.17) is 42.6 Å². The molecule has 10 aromatic heterocycles. The molecule has 113 heavy (non-hydrogen) atoms. The first-order valence-electron chi connectivity index (χ1n) is 45.5. The summed E-state index contributed by atoms with van der Waals surface area (Å²) < 4.78 is 157. The second kappa shape index (κ2) is 30.3. The molecule has 0 saturated carbocycles. The lowest BCUT2D eigenvalue weighted by Gasteiger charge is -2.24. The zero-order valence-electron chi connectivity index (χ0n) is 80.6. The van der Waals surface area contributed by atoms with E-state index in [1.807, 2.05) is 201 Å². The van der Waals surface area contributed by atoms with Crippen LogP contribution >= 0.6 is 0 Å². The lowest BCUT2D eigenvalue weighted by molar-refractivity contribution is -0.658. The second-order valence-corrected chi connectivity index (χ2v) is 29.8. The Morgan fingerprint density at radius 1 is 0.301 bits per heavy atom. The molecule has 0 atom stereocenters. The molecule has 0 bridgehead atoms. The molecule has 0 fully saturated rings. The van der Waals surface area contributed by atoms with Crippen molar-refractivity contribution < 1.29 is 65.5 Å². The maximum absolute atomic E-state index is 8.01. The Balaban J connectivity index is 0.000000118. The van der Waals surface area contributed by atoms with Gasteiger partial charge in [-0.15, -0.1) is 0 Å². The van der Waals surface area contributed by atoms with Crippen LogP contribution in [0.4, 0.5) is 58.5 Å². The van der Waals surface area contributed by atoms with E-state index in [-0.39, 0.29) is 45.4 Å². The number of allylic oxidation sites excluding steroid dienone is 2. The fourth-order valence-corrected chi connectivity index (χ4v) is 15.8. The van der Waals surface area contributed by atoms with Crippen molar-refractivity contribution in [1.29, 1.82) is 0 Å². The molecular formula is C93H96B5N10O5+5. The molecule has 20 heteroatoms. The average Bonchev–Trinajstić information content (AvgIpc) is 1.56. The van der Waals surface area contributed by atoms with Gasteiger partial charge in [0.25, 0.3) is 58.5 Å². The van der Waals surface area contributed by atoms with Crippen LogP contribution in [-0.2, 0) is 35.2 Å². The van der Waals surface area contributed by atoms with E-state index in [0.717, 1.165) is 107 Å². The van der Waals surface area contributed by atoms with Crippen LogP contribution in [0.5, 0.6) is 0 Å². The quantitative estimate of drug-likeness (QED) is 0.122. The van der Waals surface area contributed by atoms with Crippen molar-refractivity contribution in [3.05, 3.63) is 298 Å². The molecule has 0 unspecified atom stereocenters. The molecule has 15 heterocycles. The number of para-hydroxylation sites is 5. The van der Waals surface area contributed by atoms with Crippen LogP contribution < -0.4 is 46.9 Å². The molecule has 0 aliphatic carbocycles. The molecule has 0 amide bonds. The van der Waals surface area contributed by atoms with Crippen molar-refractivity contribution in [2.75, 3.05) is 24.1 Å². The minimum atomic E-state index is -2.28. The molecule has 0 radical (unpaired) electrons. The highest BCUT2D eigenvalue weighted by Crippen LogP contribution is 2.47. The molecule has 5 aliphatic heterocycles. The van der Waals surface area contributed by atoms with Gasteiger partial charge in [0.1, 0.15) is 27.9 Å². The van der Waals surface area contributed by atoms with Crippen LogP contribution in [0, 0.1) is 41.3 Å². The highest BCUT2D eigenvalue weighted by molar-refractivity contribution is 6.72. The summed E-state index contributed by atoms with van der Waals surface area (Å²) >= 11 is 0. The number of aromatic nitrogens is 5. The number of benzene rings is 5. The smallest absolute Gasteiger partial charge is 0.406 e. The van der Waals surface area contributed by atoms with Gasteiger partial charge in [-0.2, -0.15) is 0 Å². The van der Waals surface area contributed by atoms with Gasteiger partial charge in [-0.05, 0) is 188 Å². The Morgan fingerprint density at radius 3 is 1.00 bits per heavy atom. The third-order valence-corrected chi connectivity index (χ3v) is 21.6. The highest BCUT2D eigenvalue weighted by atomic mass is 16.4. The van der Waals surface area contributed by atoms with E-state index in [0.29, 0.717) is 56.6 Å². The summed E-state index contributed by atoms with van der Waals surface area (Å²) in [5.74, 6) is 18.2. The zero-order valence-corrected chi connectivity index (χ0v) is 65.6. The minimum Gasteiger partial charge on any atom is -0.423 e. The molecule has 5 aliphatic rings. The number of aryl methyl sites for hydroxylation is 11. The van der Waals surface area contributed by atoms with E-state index >= 15 is 0 Å². The van der Waals surface area contributed by atoms with Gasteiger partial charge in [-0.25, -0.2) is 22.8 Å². The lowest BCUT2D eigenvalue weighted by atomic mass is 9.59. The molecule has 0 saturated heterocycles. The average molecular weight is 1500 g/mol. The van der Waals surface area contributed by atoms with Gasteiger partial charge in [0, 0.05) is 77.8 Å². The number of rotatable bonds is 5. The van der Waals surface area contributed by atoms with Gasteiger partial charge >= 0.3 is 34.2 Å². The van der Waals surface area contributed by atoms with Crippen molar-refractivity contribution in [1.82, 2.24) is 0 Å². The normalized spacial score (nSPS) is 16.5. The summed E-state index contributed by atoms with van der Waals surface area (Å²) in [5.41, 5.74) is 13.1. The largest absolute Gasteiger partial charge is 0.423 e. The number of pyridine rings is 5. The fourth-order valence-electron chi connectivity index (χ4n) is 15.8. The Morgan fingerprint density at radius 2 is 0.628 bits per heavy atom. The van der Waals surface area contributed by atoms with Gasteiger partial charge in [-0.3, -0.25) is 24.1 Å². The molecular weight excluding hydrogens is 1390 g/mol. The van der Waals surface area contributed by atoms with Gasteiger partial charge < -0.3 is 22.1 Å². The third-order valence-electron chi connectivity index (χ3n) is 21.6. The highest BCUT2D eigenvalue weighted by Gasteiger charge is 2.44. The summed E-state index contributed by atoms with van der Waals surface area (Å²) in [5, 5.41) is 4.89. The number of hydrogen-bond donors (Lipinski definition) is 0. The second-order valence-electron chi connectivity index (χ2n) is 29.8. The lowest BCUT2D eigenvalue weighted by Crippen LogP contribution is -2.43. The van der Waals surface area contributed by atoms with E-state index < -0.39 is 34.3 Å². The SMILES string of the molecule is CB1C=Cc2c(oc3ccccc23)N1c1cc(C)cc[n+]1C.[2H]C([2H])([2H])C1=CB(C)N(c2cc(C)cc[n+]2C)c2oc3ccccc3c21.[2H]C([2H])([2H])C1=CB(C)N(c2ccc(C([2H])([2H])[2H])c[n+]2C)c2oc3ccccc3c21.[2H]C([2H])([2H])c1c[n+](C)c(N2B(C)C=Cc3c2oc2ccccc32)cc1C.[2H]C([2H])([2H])c1ccc(N2B(C)C=Cc3c2oc2ccccc32)[n+](C)c1. The molecule has 15 nitrogen and oxygen atoms in total. The third kappa shape index (κ3) is 13.9. The Labute approximate surface area is 685 Å². The van der Waals surface area contributed by atoms with Crippen molar-refractivity contribution in [2.45, 2.75) is 89.1 Å². The van der Waals surface area contributed by atoms with Crippen LogP contribution in [-0.4, -0.2) is 34.2 Å². The first kappa shape index (κ1) is 58.5. The van der Waals surface area contributed by atoms with Gasteiger partial charge in [-0.1, -0.05) is 139 Å². The number of nitrogens with zero attached hydrogens (tertiary/aromatic N) is 10. The van der Waals surface area contributed by atoms with Crippen LogP contribution in [0.2, 0.25) is 34.1 Å². The van der Waals surface area contributed by atoms with E-state index in [9.17, 15) is 0 Å². The molecule has 5 aromatic carbocycles. The maximum Gasteiger partial charge on any atom is 0.406 e. The first-order valence-corrected chi connectivity index (χ1v) is 38.0. The summed E-state index contributed by atoms with van der Waals surface area (Å²) in [7, 11) is 9.55. The molecule has 20 rings (SSSR count). The minimum absolute atomic E-state index is 0.0901. The summed E-state index contributed by atoms with van der Waals surface area (Å²) in [6, 6.07) is 56.3. The topological polar surface area (TPSA) is 101 Å². The first-order chi connectivity index (χ1) is 60.5. The van der Waals surface area contributed by atoms with Gasteiger partial charge in [0.05, 0.1) is 94.0 Å². The van der Waals surface area contributed by atoms with E-state index in [2.05, 4.69) is 137 Å². The Kier molecular flexibility index (Phi) is 15.7. The van der Waals surface area contributed by atoms with Gasteiger partial charge in [0.15, 0.2) is 0 Å². The van der Waals surface area contributed by atoms with Crippen molar-refractivity contribution in [3.63, 3.8) is 0 Å². The number of fused-ring (bicyclic) bond motifs is 15. The molecule has 0 N–H and O–H groups in total. The van der Waals surface area contributed by atoms with Crippen LogP contribution in [0.25, 0.3) is 84.2 Å². The van der Waals surface area contributed by atoms with Crippen molar-refractivity contribution in [2.24, 2.45) is 35.2 Å². The molecule has 15 aromatic rings. The fraction of sp³-hybridized carbons (Fsp3) is 0.194. The zero-order chi connectivity index (χ0) is 91.4. The number of anilines is 10. The van der Waals surface area contributed by atoms with Gasteiger partial charge in [0.2, 0.25) is 0 Å². The number of hydrogen-bond acceptors (Lipinski definition) is 10. The maximum atomic E-state index is 8.01. The standard InChI is InChI=1S/3C19H20BN2O.2C18H18BN2O/c1-13-11-18(21(4)12-14(13)2)22-19-16(9-10-20(22)3)15-7-5-6-8-17(15)23-19;1-13-9-10-17(21(4)12-13)22-19-18(14(2)11-20(22)3)15-7-5-6-8-16(15)23-19;1-13-9-10-21(4)17(11-13)22-19-18(14(2)12-20(22)3)15-7-5-6-8-16(15)23-19;1-13-9-11-20(3)17(12-13)21-18-15(8-10-19(21)2)14-6-4-5-7-16(14)22-18;1-13-8-9-17(20(3)12-13)21-18-15(10-11-19(21)2)14-6-4-5-7-16(14)22-18/h3*5-12H,1-4H3;2*4-12H,1-3H3/q5*+1/i2D3;1D3,2D3;2D3;;1D3.